The number of rotatable bonds is 17. The molecule has 14 N–H and O–H groups in total. The lowest BCUT2D eigenvalue weighted by atomic mass is 10.0. The van der Waals surface area contributed by atoms with Crippen LogP contribution in [0.5, 0.6) is 0 Å². The molecule has 252 valence electrons. The summed E-state index contributed by atoms with van der Waals surface area (Å²) in [5.41, 5.74) is 37.3. The quantitative estimate of drug-likeness (QED) is 0.0545. The third-order valence-electron chi connectivity index (χ3n) is 6.62. The topological polar surface area (TPSA) is 288 Å². The van der Waals surface area contributed by atoms with Crippen LogP contribution in [0.1, 0.15) is 88.8 Å². The van der Waals surface area contributed by atoms with Crippen LogP contribution in [0.3, 0.4) is 0 Å². The van der Waals surface area contributed by atoms with Crippen molar-refractivity contribution < 1.29 is 9.59 Å². The fourth-order valence-electron chi connectivity index (χ4n) is 4.24. The summed E-state index contributed by atoms with van der Waals surface area (Å²) in [6.07, 6.45) is 6.03. The normalized spacial score (nSPS) is 11.8. The van der Waals surface area contributed by atoms with Crippen LogP contribution in [0.15, 0.2) is 73.1 Å². The first-order chi connectivity index (χ1) is 22.3. The molecule has 2 rings (SSSR count). The molecule has 0 radical (unpaired) electrons. The lowest BCUT2D eigenvalue weighted by Gasteiger charge is -2.11. The van der Waals surface area contributed by atoms with Crippen LogP contribution in [0.4, 0.5) is 11.4 Å². The number of amides is 2. The predicted molar refractivity (Wildman–Crippen MR) is 191 cm³/mol. The minimum absolute atomic E-state index is 0.0553. The summed E-state index contributed by atoms with van der Waals surface area (Å²) in [5, 5.41) is 28.9. The second kappa shape index (κ2) is 19.6. The van der Waals surface area contributed by atoms with Gasteiger partial charge in [0.1, 0.15) is 0 Å². The van der Waals surface area contributed by atoms with Gasteiger partial charge < -0.3 is 45.0 Å². The van der Waals surface area contributed by atoms with Crippen LogP contribution in [0.2, 0.25) is 0 Å². The molecule has 47 heavy (non-hydrogen) atoms. The third-order valence-corrected chi connectivity index (χ3v) is 6.62. The average Bonchev–Trinajstić information content (AvgIpc) is 3.02. The van der Waals surface area contributed by atoms with Gasteiger partial charge in [0.25, 0.3) is 0 Å². The van der Waals surface area contributed by atoms with E-state index < -0.39 is 0 Å². The van der Waals surface area contributed by atoms with Gasteiger partial charge in [-0.05, 0) is 69.5 Å². The van der Waals surface area contributed by atoms with Gasteiger partial charge in [0.2, 0.25) is 29.7 Å². The van der Waals surface area contributed by atoms with Crippen molar-refractivity contribution in [2.24, 2.45) is 65.0 Å². The Kier molecular flexibility index (Phi) is 15.6. The van der Waals surface area contributed by atoms with Crippen LogP contribution in [-0.4, -0.2) is 46.8 Å². The molecule has 0 aliphatic heterocycles. The molecule has 0 unspecified atom stereocenters. The van der Waals surface area contributed by atoms with E-state index in [-0.39, 0.29) is 29.7 Å². The van der Waals surface area contributed by atoms with E-state index in [1.807, 2.05) is 30.3 Å². The van der Waals surface area contributed by atoms with Gasteiger partial charge >= 0.3 is 0 Å². The second-order valence-corrected chi connectivity index (χ2v) is 10.7. The molecule has 0 aliphatic rings. The highest BCUT2D eigenvalue weighted by atomic mass is 16.2. The minimum atomic E-state index is -0.175. The predicted octanol–water partition coefficient (Wildman–Crippen LogP) is 2.38. The Morgan fingerprint density at radius 2 is 0.894 bits per heavy atom. The van der Waals surface area contributed by atoms with E-state index in [2.05, 4.69) is 41.2 Å². The van der Waals surface area contributed by atoms with Crippen LogP contribution < -0.4 is 45.0 Å². The fraction of sp³-hybridized carbons (Fsp3) is 0.355. The Balaban J connectivity index is 1.80. The molecule has 0 atom stereocenters. The lowest BCUT2D eigenvalue weighted by molar-refractivity contribution is -0.117. The van der Waals surface area contributed by atoms with Gasteiger partial charge in [0, 0.05) is 35.3 Å². The molecule has 0 fully saturated rings. The number of nitrogens with zero attached hydrogens (tertiary/aromatic N) is 6. The van der Waals surface area contributed by atoms with Gasteiger partial charge in [0.05, 0.1) is 17.1 Å². The van der Waals surface area contributed by atoms with Crippen LogP contribution in [-0.2, 0) is 9.59 Å². The standard InChI is InChI=1S/C31H46N14O2/c1-19(40-43-29(32)33)22-11-10-12-25(16-22)38-27(46)13-8-6-4-5-7-9-14-28(47)39-26-17-23(20(2)41-44-30(34)35)15-24(18-26)21(3)42-45-31(36)37/h10-12,15-18H,4-9,13-14H2,1-3H3,(H,38,46)(H,39,47)(H4,32,33,43)(H4,34,35,44)(H4,36,37,45)/b40-19+,41-20+,42-21+. The monoisotopic (exact) mass is 646 g/mol. The number of benzene rings is 2. The molecule has 0 spiro atoms. The molecule has 0 aliphatic carbocycles. The molecule has 0 heterocycles. The van der Waals surface area contributed by atoms with Crippen molar-refractivity contribution in [2.75, 3.05) is 10.6 Å². The van der Waals surface area contributed by atoms with Gasteiger partial charge in [-0.3, -0.25) is 9.59 Å². The molecular formula is C31H46N14O2. The van der Waals surface area contributed by atoms with Crippen molar-refractivity contribution in [2.45, 2.75) is 72.1 Å². The first-order valence-corrected chi connectivity index (χ1v) is 15.1. The van der Waals surface area contributed by atoms with Crippen LogP contribution >= 0.6 is 0 Å². The number of carbonyl (C=O) groups is 2. The van der Waals surface area contributed by atoms with Crippen molar-refractivity contribution in [1.82, 2.24) is 0 Å². The average molecular weight is 647 g/mol. The summed E-state index contributed by atoms with van der Waals surface area (Å²) in [5.74, 6) is -0.651. The zero-order chi connectivity index (χ0) is 34.8. The maximum absolute atomic E-state index is 12.7. The van der Waals surface area contributed by atoms with Crippen molar-refractivity contribution in [1.29, 1.82) is 0 Å². The maximum Gasteiger partial charge on any atom is 0.224 e. The lowest BCUT2D eigenvalue weighted by Crippen LogP contribution is -2.22. The molecule has 0 saturated carbocycles. The highest BCUT2D eigenvalue weighted by molar-refractivity contribution is 6.06. The van der Waals surface area contributed by atoms with Gasteiger partial charge in [-0.25, -0.2) is 0 Å². The number of nitrogens with two attached hydrogens (primary N) is 6. The largest absolute Gasteiger partial charge is 0.369 e. The molecular weight excluding hydrogens is 600 g/mol. The Hall–Kier alpha value is -5.80. The molecule has 2 aromatic carbocycles. The summed E-state index contributed by atoms with van der Waals surface area (Å²) >= 11 is 0. The highest BCUT2D eigenvalue weighted by Gasteiger charge is 2.10. The maximum atomic E-state index is 12.7. The number of anilines is 2. The van der Waals surface area contributed by atoms with Gasteiger partial charge in [0.15, 0.2) is 0 Å². The SMILES string of the molecule is C/C(=N\N=C(N)N)c1cccc(NC(=O)CCCCCCCCC(=O)Nc2cc(/C(C)=N/N=C(N)N)cc(/C(C)=N/N=C(N)N)c2)c1. The van der Waals surface area contributed by atoms with E-state index in [9.17, 15) is 9.59 Å². The number of unbranched alkanes of at least 4 members (excludes halogenated alkanes) is 5. The summed E-state index contributed by atoms with van der Waals surface area (Å²) in [6.45, 7) is 5.25. The van der Waals surface area contributed by atoms with E-state index in [0.717, 1.165) is 44.1 Å². The molecule has 2 aromatic rings. The number of carbonyl (C=O) groups excluding carboxylic acids is 2. The molecule has 16 heteroatoms. The Morgan fingerprint density at radius 3 is 1.34 bits per heavy atom. The van der Waals surface area contributed by atoms with E-state index in [1.165, 1.54) is 0 Å². The molecule has 0 saturated heterocycles. The number of guanidine groups is 3. The third kappa shape index (κ3) is 15.2. The van der Waals surface area contributed by atoms with Gasteiger partial charge in [-0.2, -0.15) is 15.3 Å². The summed E-state index contributed by atoms with van der Waals surface area (Å²) < 4.78 is 0. The minimum Gasteiger partial charge on any atom is -0.369 e. The second-order valence-electron chi connectivity index (χ2n) is 10.7. The Labute approximate surface area is 274 Å². The summed E-state index contributed by atoms with van der Waals surface area (Å²) in [6, 6.07) is 12.7. The van der Waals surface area contributed by atoms with Gasteiger partial charge in [-0.15, -0.1) is 15.3 Å². The van der Waals surface area contributed by atoms with Crippen molar-refractivity contribution in [3.05, 3.63) is 59.2 Å². The highest BCUT2D eigenvalue weighted by Crippen LogP contribution is 2.19. The zero-order valence-corrected chi connectivity index (χ0v) is 27.2. The van der Waals surface area contributed by atoms with Gasteiger partial charge in [-0.1, -0.05) is 37.8 Å². The van der Waals surface area contributed by atoms with E-state index in [0.29, 0.717) is 52.5 Å². The first-order valence-electron chi connectivity index (χ1n) is 15.1. The number of hydrogen-bond donors (Lipinski definition) is 8. The molecule has 0 bridgehead atoms. The fourth-order valence-corrected chi connectivity index (χ4v) is 4.24. The van der Waals surface area contributed by atoms with Crippen LogP contribution in [0, 0.1) is 0 Å². The van der Waals surface area contributed by atoms with Crippen molar-refractivity contribution in [3.8, 4) is 0 Å². The molecule has 16 nitrogen and oxygen atoms in total. The first kappa shape index (κ1) is 37.4. The van der Waals surface area contributed by atoms with Crippen LogP contribution in [0.25, 0.3) is 0 Å². The molecule has 2 amide bonds. The van der Waals surface area contributed by atoms with E-state index >= 15 is 0 Å². The van der Waals surface area contributed by atoms with Crippen molar-refractivity contribution >= 4 is 58.2 Å². The Bertz CT molecular complexity index is 1510. The van der Waals surface area contributed by atoms with E-state index in [1.54, 1.807) is 32.9 Å². The zero-order valence-electron chi connectivity index (χ0n) is 27.2. The smallest absolute Gasteiger partial charge is 0.224 e. The summed E-state index contributed by atoms with van der Waals surface area (Å²) in [4.78, 5) is 25.2. The van der Waals surface area contributed by atoms with E-state index in [4.69, 9.17) is 34.4 Å². The molecule has 0 aromatic heterocycles. The number of nitrogens with one attached hydrogen (secondary N) is 2. The number of hydrogen-bond acceptors (Lipinski definition) is 8. The van der Waals surface area contributed by atoms with Crippen molar-refractivity contribution in [3.63, 3.8) is 0 Å². The Morgan fingerprint density at radius 1 is 0.511 bits per heavy atom. The summed E-state index contributed by atoms with van der Waals surface area (Å²) in [7, 11) is 0.